The van der Waals surface area contributed by atoms with E-state index in [1.54, 1.807) is 7.11 Å². The Labute approximate surface area is 111 Å². The molecule has 0 unspecified atom stereocenters. The predicted molar refractivity (Wildman–Crippen MR) is 72.9 cm³/mol. The summed E-state index contributed by atoms with van der Waals surface area (Å²) in [5.74, 6) is 0.775. The second-order valence-electron chi connectivity index (χ2n) is 5.56. The Morgan fingerprint density at radius 3 is 2.50 bits per heavy atom. The summed E-state index contributed by atoms with van der Waals surface area (Å²) in [4.78, 5) is 2.53. The van der Waals surface area contributed by atoms with Crippen LogP contribution < -0.4 is 5.32 Å². The fourth-order valence-electron chi connectivity index (χ4n) is 2.92. The van der Waals surface area contributed by atoms with Crippen molar-refractivity contribution in [3.63, 3.8) is 0 Å². The second kappa shape index (κ2) is 8.10. The maximum atomic E-state index is 5.95. The molecule has 18 heavy (non-hydrogen) atoms. The van der Waals surface area contributed by atoms with Crippen molar-refractivity contribution in [2.24, 2.45) is 5.92 Å². The lowest BCUT2D eigenvalue weighted by Crippen LogP contribution is -2.38. The van der Waals surface area contributed by atoms with Crippen molar-refractivity contribution in [1.82, 2.24) is 10.2 Å². The van der Waals surface area contributed by atoms with E-state index in [-0.39, 0.29) is 0 Å². The average Bonchev–Trinajstić information content (AvgIpc) is 2.42. The molecule has 0 aromatic heterocycles. The molecule has 2 fully saturated rings. The highest BCUT2D eigenvalue weighted by Crippen LogP contribution is 2.17. The van der Waals surface area contributed by atoms with Crippen molar-refractivity contribution in [3.05, 3.63) is 0 Å². The number of hydrogen-bond donors (Lipinski definition) is 1. The minimum absolute atomic E-state index is 0.497. The van der Waals surface area contributed by atoms with Gasteiger partial charge in [-0.05, 0) is 57.8 Å². The Morgan fingerprint density at radius 1 is 1.11 bits per heavy atom. The first kappa shape index (κ1) is 14.3. The molecule has 0 aromatic carbocycles. The van der Waals surface area contributed by atoms with Crippen LogP contribution in [-0.2, 0) is 9.47 Å². The average molecular weight is 256 g/mol. The summed E-state index contributed by atoms with van der Waals surface area (Å²) >= 11 is 0. The molecule has 106 valence electrons. The summed E-state index contributed by atoms with van der Waals surface area (Å²) in [6.45, 7) is 7.59. The number of methoxy groups -OCH3 is 1. The van der Waals surface area contributed by atoms with Gasteiger partial charge in [0.1, 0.15) is 0 Å². The molecular formula is C14H28N2O2. The largest absolute Gasteiger partial charge is 0.384 e. The number of likely N-dealkylation sites (tertiary alicyclic amines) is 1. The van der Waals surface area contributed by atoms with E-state index in [0.29, 0.717) is 6.10 Å². The van der Waals surface area contributed by atoms with Crippen LogP contribution >= 0.6 is 0 Å². The van der Waals surface area contributed by atoms with Crippen molar-refractivity contribution in [2.45, 2.75) is 31.8 Å². The molecule has 0 amide bonds. The summed E-state index contributed by atoms with van der Waals surface area (Å²) in [6, 6.07) is 0. The summed E-state index contributed by atoms with van der Waals surface area (Å²) in [5, 5.41) is 3.37. The first-order valence-electron chi connectivity index (χ1n) is 7.42. The highest BCUT2D eigenvalue weighted by Gasteiger charge is 2.19. The molecule has 2 aliphatic heterocycles. The molecular weight excluding hydrogens is 228 g/mol. The first-order valence-corrected chi connectivity index (χ1v) is 7.42. The zero-order valence-electron chi connectivity index (χ0n) is 11.7. The van der Waals surface area contributed by atoms with Gasteiger partial charge < -0.3 is 19.7 Å². The molecule has 4 heteroatoms. The summed E-state index contributed by atoms with van der Waals surface area (Å²) in [6.07, 6.45) is 5.41. The van der Waals surface area contributed by atoms with Gasteiger partial charge in [-0.3, -0.25) is 0 Å². The van der Waals surface area contributed by atoms with Gasteiger partial charge in [0.25, 0.3) is 0 Å². The number of nitrogens with one attached hydrogen (secondary N) is 1. The fourth-order valence-corrected chi connectivity index (χ4v) is 2.92. The van der Waals surface area contributed by atoms with E-state index in [1.807, 2.05) is 0 Å². The second-order valence-corrected chi connectivity index (χ2v) is 5.56. The minimum Gasteiger partial charge on any atom is -0.384 e. The SMILES string of the molecule is COCC1CCN(CCOC2CCNCC2)CC1. The third-order valence-corrected chi connectivity index (χ3v) is 4.16. The maximum Gasteiger partial charge on any atom is 0.0600 e. The molecule has 0 aromatic rings. The maximum absolute atomic E-state index is 5.95. The van der Waals surface area contributed by atoms with E-state index < -0.39 is 0 Å². The van der Waals surface area contributed by atoms with Gasteiger partial charge in [-0.1, -0.05) is 0 Å². The van der Waals surface area contributed by atoms with E-state index in [0.717, 1.165) is 38.8 Å². The van der Waals surface area contributed by atoms with Gasteiger partial charge in [0.05, 0.1) is 12.7 Å². The number of hydrogen-bond acceptors (Lipinski definition) is 4. The van der Waals surface area contributed by atoms with Gasteiger partial charge in [0.2, 0.25) is 0 Å². The molecule has 2 heterocycles. The number of rotatable bonds is 6. The lowest BCUT2D eigenvalue weighted by Gasteiger charge is -2.32. The Bertz CT molecular complexity index is 212. The Balaban J connectivity index is 1.52. The van der Waals surface area contributed by atoms with Gasteiger partial charge in [-0.2, -0.15) is 0 Å². The van der Waals surface area contributed by atoms with Crippen molar-refractivity contribution < 1.29 is 9.47 Å². The molecule has 0 radical (unpaired) electrons. The number of ether oxygens (including phenoxy) is 2. The molecule has 0 spiro atoms. The Kier molecular flexibility index (Phi) is 6.41. The highest BCUT2D eigenvalue weighted by atomic mass is 16.5. The lowest BCUT2D eigenvalue weighted by atomic mass is 9.98. The molecule has 0 atom stereocenters. The van der Waals surface area contributed by atoms with Gasteiger partial charge in [0.15, 0.2) is 0 Å². The number of nitrogens with zero attached hydrogens (tertiary/aromatic N) is 1. The van der Waals surface area contributed by atoms with Gasteiger partial charge in [0, 0.05) is 20.3 Å². The van der Waals surface area contributed by atoms with Crippen molar-refractivity contribution >= 4 is 0 Å². The molecule has 2 saturated heterocycles. The third-order valence-electron chi connectivity index (χ3n) is 4.16. The molecule has 0 saturated carbocycles. The van der Waals surface area contributed by atoms with Crippen LogP contribution in [0.1, 0.15) is 25.7 Å². The quantitative estimate of drug-likeness (QED) is 0.772. The smallest absolute Gasteiger partial charge is 0.0600 e. The summed E-state index contributed by atoms with van der Waals surface area (Å²) in [7, 11) is 1.80. The van der Waals surface area contributed by atoms with Crippen LogP contribution in [0.15, 0.2) is 0 Å². The van der Waals surface area contributed by atoms with Crippen LogP contribution in [0.2, 0.25) is 0 Å². The van der Waals surface area contributed by atoms with Crippen molar-refractivity contribution in [3.8, 4) is 0 Å². The van der Waals surface area contributed by atoms with Crippen LogP contribution in [0.25, 0.3) is 0 Å². The van der Waals surface area contributed by atoms with E-state index in [2.05, 4.69) is 10.2 Å². The first-order chi connectivity index (χ1) is 8.88. The molecule has 2 rings (SSSR count). The minimum atomic E-state index is 0.497. The van der Waals surface area contributed by atoms with Gasteiger partial charge >= 0.3 is 0 Å². The fraction of sp³-hybridized carbons (Fsp3) is 1.00. The molecule has 2 aliphatic rings. The third kappa shape index (κ3) is 4.84. The van der Waals surface area contributed by atoms with Crippen molar-refractivity contribution in [2.75, 3.05) is 53.0 Å². The van der Waals surface area contributed by atoms with E-state index in [9.17, 15) is 0 Å². The topological polar surface area (TPSA) is 33.7 Å². The zero-order chi connectivity index (χ0) is 12.6. The monoisotopic (exact) mass is 256 g/mol. The van der Waals surface area contributed by atoms with Crippen molar-refractivity contribution in [1.29, 1.82) is 0 Å². The number of piperidine rings is 2. The standard InChI is InChI=1S/C14H28N2O2/c1-17-12-13-4-8-16(9-5-13)10-11-18-14-2-6-15-7-3-14/h13-15H,2-12H2,1H3. The van der Waals surface area contributed by atoms with Crippen LogP contribution in [-0.4, -0.2) is 64.1 Å². The summed E-state index contributed by atoms with van der Waals surface area (Å²) < 4.78 is 11.2. The van der Waals surface area contributed by atoms with E-state index in [1.165, 1.54) is 38.8 Å². The molecule has 1 N–H and O–H groups in total. The van der Waals surface area contributed by atoms with E-state index >= 15 is 0 Å². The van der Waals surface area contributed by atoms with Crippen LogP contribution in [0, 0.1) is 5.92 Å². The van der Waals surface area contributed by atoms with Crippen LogP contribution in [0.5, 0.6) is 0 Å². The zero-order valence-corrected chi connectivity index (χ0v) is 11.7. The molecule has 0 aliphatic carbocycles. The molecule has 4 nitrogen and oxygen atoms in total. The van der Waals surface area contributed by atoms with Crippen LogP contribution in [0.3, 0.4) is 0 Å². The summed E-state index contributed by atoms with van der Waals surface area (Å²) in [5.41, 5.74) is 0. The lowest BCUT2D eigenvalue weighted by molar-refractivity contribution is 0.0127. The Morgan fingerprint density at radius 2 is 1.83 bits per heavy atom. The normalized spacial score (nSPS) is 24.5. The van der Waals surface area contributed by atoms with Gasteiger partial charge in [-0.25, -0.2) is 0 Å². The van der Waals surface area contributed by atoms with Crippen LogP contribution in [0.4, 0.5) is 0 Å². The van der Waals surface area contributed by atoms with Gasteiger partial charge in [-0.15, -0.1) is 0 Å². The van der Waals surface area contributed by atoms with E-state index in [4.69, 9.17) is 9.47 Å². The highest BCUT2D eigenvalue weighted by molar-refractivity contribution is 4.72. The predicted octanol–water partition coefficient (Wildman–Crippen LogP) is 1.11. The Hall–Kier alpha value is -0.160. The molecule has 0 bridgehead atoms.